The zero-order valence-corrected chi connectivity index (χ0v) is 18.0. The summed E-state index contributed by atoms with van der Waals surface area (Å²) < 4.78 is 5.16. The second-order valence-corrected chi connectivity index (χ2v) is 10.7. The molecule has 0 aromatic heterocycles. The Morgan fingerprint density at radius 2 is 2.00 bits per heavy atom. The first-order chi connectivity index (χ1) is 14.7. The normalized spacial score (nSPS) is 48.6. The number of cyclic esters (lactones) is 1. The first-order valence-electron chi connectivity index (χ1n) is 11.6. The molecule has 8 nitrogen and oxygen atoms in total. The standard InChI is InChI=1S/C23H31NO7/c1-21-7-5-18-19(23(21,27)9-6-17(21)14-10-20(26)30-12-14)3-2-15-11-16(31-24(28)29)4-8-22(15,18)13-25/h10,13,15-19,27H,2-9,11-12H2,1H3/t15?,16?,17?,18-,19?,21+,22+,23?/m0/s1. The largest absolute Gasteiger partial charge is 0.458 e. The summed E-state index contributed by atoms with van der Waals surface area (Å²) in [5.41, 5.74) is -0.739. The lowest BCUT2D eigenvalue weighted by Gasteiger charge is -2.63. The molecule has 8 heteroatoms. The average Bonchev–Trinajstić information content (AvgIpc) is 3.27. The van der Waals surface area contributed by atoms with Gasteiger partial charge in [0, 0.05) is 16.9 Å². The Balaban J connectivity index is 1.43. The summed E-state index contributed by atoms with van der Waals surface area (Å²) >= 11 is 0. The summed E-state index contributed by atoms with van der Waals surface area (Å²) in [4.78, 5) is 39.9. The summed E-state index contributed by atoms with van der Waals surface area (Å²) in [6.07, 6.45) is 8.68. The molecule has 8 atom stereocenters. The highest BCUT2D eigenvalue weighted by atomic mass is 17.0. The molecule has 0 spiro atoms. The number of esters is 1. The van der Waals surface area contributed by atoms with Crippen molar-refractivity contribution in [1.82, 2.24) is 0 Å². The first-order valence-corrected chi connectivity index (χ1v) is 11.6. The fourth-order valence-electron chi connectivity index (χ4n) is 8.51. The van der Waals surface area contributed by atoms with E-state index < -0.39 is 22.2 Å². The fourth-order valence-corrected chi connectivity index (χ4v) is 8.51. The number of carbonyl (C=O) groups excluding carboxylic acids is 2. The molecule has 0 radical (unpaired) electrons. The Bertz CT molecular complexity index is 842. The van der Waals surface area contributed by atoms with Crippen molar-refractivity contribution < 1.29 is 29.4 Å². The maximum atomic E-state index is 12.6. The number of hydrogen-bond acceptors (Lipinski definition) is 7. The van der Waals surface area contributed by atoms with Gasteiger partial charge in [0.05, 0.1) is 5.60 Å². The van der Waals surface area contributed by atoms with Gasteiger partial charge in [-0.2, -0.15) is 0 Å². The molecule has 4 saturated carbocycles. The molecule has 0 bridgehead atoms. The molecule has 0 aromatic carbocycles. The van der Waals surface area contributed by atoms with Gasteiger partial charge in [-0.1, -0.05) is 6.92 Å². The van der Waals surface area contributed by atoms with Crippen LogP contribution < -0.4 is 0 Å². The second-order valence-electron chi connectivity index (χ2n) is 10.7. The Kier molecular flexibility index (Phi) is 4.74. The van der Waals surface area contributed by atoms with Crippen LogP contribution in [0.2, 0.25) is 0 Å². The first kappa shape index (κ1) is 20.9. The monoisotopic (exact) mass is 433 g/mol. The summed E-state index contributed by atoms with van der Waals surface area (Å²) in [7, 11) is 0. The lowest BCUT2D eigenvalue weighted by atomic mass is 9.43. The number of aliphatic hydroxyl groups is 1. The average molecular weight is 434 g/mol. The number of ether oxygens (including phenoxy) is 1. The maximum Gasteiger partial charge on any atom is 0.331 e. The van der Waals surface area contributed by atoms with Crippen LogP contribution in [0.3, 0.4) is 0 Å². The Hall–Kier alpha value is -1.96. The van der Waals surface area contributed by atoms with Crippen molar-refractivity contribution in [2.75, 3.05) is 6.61 Å². The van der Waals surface area contributed by atoms with E-state index >= 15 is 0 Å². The van der Waals surface area contributed by atoms with E-state index in [9.17, 15) is 24.8 Å². The van der Waals surface area contributed by atoms with Gasteiger partial charge in [-0.15, -0.1) is 10.1 Å². The van der Waals surface area contributed by atoms with Crippen LogP contribution in [0.4, 0.5) is 0 Å². The Morgan fingerprint density at radius 3 is 2.68 bits per heavy atom. The van der Waals surface area contributed by atoms with Gasteiger partial charge in [0.15, 0.2) is 0 Å². The minimum Gasteiger partial charge on any atom is -0.458 e. The topological polar surface area (TPSA) is 116 Å². The molecule has 1 N–H and O–H groups in total. The van der Waals surface area contributed by atoms with Gasteiger partial charge in [-0.25, -0.2) is 4.79 Å². The van der Waals surface area contributed by atoms with Crippen LogP contribution in [0, 0.1) is 44.6 Å². The van der Waals surface area contributed by atoms with E-state index in [1.54, 1.807) is 6.08 Å². The van der Waals surface area contributed by atoms with Crippen LogP contribution in [0.1, 0.15) is 64.7 Å². The summed E-state index contributed by atoms with van der Waals surface area (Å²) in [5.74, 6) is 0.0198. The zero-order chi connectivity index (χ0) is 22.0. The summed E-state index contributed by atoms with van der Waals surface area (Å²) in [6.45, 7) is 2.48. The Morgan fingerprint density at radius 1 is 1.19 bits per heavy atom. The number of carbonyl (C=O) groups is 2. The van der Waals surface area contributed by atoms with Crippen LogP contribution in [0.5, 0.6) is 0 Å². The third-order valence-electron chi connectivity index (χ3n) is 9.96. The minimum absolute atomic E-state index is 0.0318. The minimum atomic E-state index is -0.873. The molecule has 170 valence electrons. The smallest absolute Gasteiger partial charge is 0.331 e. The van der Waals surface area contributed by atoms with E-state index in [1.165, 1.54) is 0 Å². The molecule has 0 amide bonds. The molecule has 1 heterocycles. The molecule has 0 aromatic rings. The van der Waals surface area contributed by atoms with Crippen molar-refractivity contribution >= 4 is 12.3 Å². The van der Waals surface area contributed by atoms with Crippen molar-refractivity contribution in [2.45, 2.75) is 76.4 Å². The Labute approximate surface area is 181 Å². The quantitative estimate of drug-likeness (QED) is 0.313. The van der Waals surface area contributed by atoms with Crippen LogP contribution in [0.15, 0.2) is 11.6 Å². The molecule has 4 fully saturated rings. The lowest BCUT2D eigenvalue weighted by molar-refractivity contribution is -0.769. The molecule has 5 unspecified atom stereocenters. The highest BCUT2D eigenvalue weighted by molar-refractivity contribution is 5.85. The van der Waals surface area contributed by atoms with E-state index in [0.29, 0.717) is 32.3 Å². The van der Waals surface area contributed by atoms with Crippen LogP contribution in [-0.4, -0.2) is 40.8 Å². The molecule has 0 saturated heterocycles. The van der Waals surface area contributed by atoms with E-state index in [4.69, 9.17) is 9.57 Å². The highest BCUT2D eigenvalue weighted by Crippen LogP contribution is 2.69. The SMILES string of the molecule is C[C@]12CC[C@H]3C(CCC4CC(O[N+](=O)[O-])CC[C@@]43C=O)C1(O)CCC2C1=CC(=O)OC1. The van der Waals surface area contributed by atoms with Gasteiger partial charge in [0.1, 0.15) is 19.0 Å². The van der Waals surface area contributed by atoms with Gasteiger partial charge in [0.25, 0.3) is 5.09 Å². The van der Waals surface area contributed by atoms with E-state index in [0.717, 1.165) is 44.0 Å². The van der Waals surface area contributed by atoms with Gasteiger partial charge >= 0.3 is 5.97 Å². The zero-order valence-electron chi connectivity index (χ0n) is 18.0. The van der Waals surface area contributed by atoms with E-state index in [-0.39, 0.29) is 35.1 Å². The van der Waals surface area contributed by atoms with Crippen molar-refractivity contribution in [3.05, 3.63) is 21.8 Å². The van der Waals surface area contributed by atoms with E-state index in [1.807, 2.05) is 0 Å². The van der Waals surface area contributed by atoms with Gasteiger partial charge in [-0.3, -0.25) is 0 Å². The highest BCUT2D eigenvalue weighted by Gasteiger charge is 2.68. The molecular weight excluding hydrogens is 402 g/mol. The van der Waals surface area contributed by atoms with Gasteiger partial charge in [0.2, 0.25) is 0 Å². The molecule has 31 heavy (non-hydrogen) atoms. The summed E-state index contributed by atoms with van der Waals surface area (Å²) in [5, 5.41) is 22.2. The van der Waals surface area contributed by atoms with Gasteiger partial charge < -0.3 is 19.5 Å². The van der Waals surface area contributed by atoms with Gasteiger partial charge in [-0.05, 0) is 87.0 Å². The molecule has 5 rings (SSSR count). The number of rotatable bonds is 4. The van der Waals surface area contributed by atoms with Crippen LogP contribution in [-0.2, 0) is 19.2 Å². The number of hydrogen-bond donors (Lipinski definition) is 1. The van der Waals surface area contributed by atoms with Crippen molar-refractivity contribution in [2.24, 2.45) is 34.5 Å². The van der Waals surface area contributed by atoms with E-state index in [2.05, 4.69) is 6.92 Å². The maximum absolute atomic E-state index is 12.6. The summed E-state index contributed by atoms with van der Waals surface area (Å²) in [6, 6.07) is 0. The molecule has 5 aliphatic rings. The third-order valence-corrected chi connectivity index (χ3v) is 9.96. The predicted octanol–water partition coefficient (Wildman–Crippen LogP) is 3.00. The molecular formula is C23H31NO7. The van der Waals surface area contributed by atoms with Crippen molar-refractivity contribution in [3.63, 3.8) is 0 Å². The molecule has 1 aliphatic heterocycles. The fraction of sp³-hybridized carbons (Fsp3) is 0.826. The van der Waals surface area contributed by atoms with Crippen LogP contribution >= 0.6 is 0 Å². The molecule has 4 aliphatic carbocycles. The lowest BCUT2D eigenvalue weighted by Crippen LogP contribution is -2.63. The van der Waals surface area contributed by atoms with Crippen LogP contribution in [0.25, 0.3) is 0 Å². The van der Waals surface area contributed by atoms with Crippen molar-refractivity contribution in [3.8, 4) is 0 Å². The van der Waals surface area contributed by atoms with Crippen molar-refractivity contribution in [1.29, 1.82) is 0 Å². The second kappa shape index (κ2) is 7.02. The predicted molar refractivity (Wildman–Crippen MR) is 108 cm³/mol. The third kappa shape index (κ3) is 2.82. The number of aldehydes is 1. The number of nitrogens with zero attached hydrogens (tertiary/aromatic N) is 1. The number of fused-ring (bicyclic) bond motifs is 5.